The van der Waals surface area contributed by atoms with Gasteiger partial charge in [0.2, 0.25) is 11.8 Å². The number of halogens is 6. The molecule has 2 atom stereocenters. The van der Waals surface area contributed by atoms with Crippen LogP contribution < -0.4 is 9.50 Å². The molecule has 16 heteroatoms. The first-order valence-electron chi connectivity index (χ1n) is 11.9. The molecule has 2 aromatic carbocycles. The van der Waals surface area contributed by atoms with Crippen molar-refractivity contribution in [1.29, 1.82) is 0 Å². The fraction of sp³-hybridized carbons (Fsp3) is 0.320. The highest BCUT2D eigenvalue weighted by Gasteiger charge is 2.48. The molecule has 0 aliphatic carbocycles. The van der Waals surface area contributed by atoms with E-state index in [-0.39, 0.29) is 40.0 Å². The molecule has 0 radical (unpaired) electrons. The number of fused-ring (bicyclic) bond motifs is 1. The van der Waals surface area contributed by atoms with E-state index >= 15 is 0 Å². The molecule has 1 aliphatic heterocycles. The number of Topliss-reactive ketones (excluding diaryl/α,β-unsaturated/α-hetero) is 1. The van der Waals surface area contributed by atoms with Crippen LogP contribution in [0, 0.1) is 5.82 Å². The number of hydrogen-bond acceptors (Lipinski definition) is 6. The zero-order valence-electron chi connectivity index (χ0n) is 21.0. The molecule has 3 aromatic rings. The van der Waals surface area contributed by atoms with Crippen LogP contribution >= 0.6 is 11.6 Å². The zero-order chi connectivity index (χ0) is 30.3. The lowest BCUT2D eigenvalue weighted by Gasteiger charge is -2.24. The highest BCUT2D eigenvalue weighted by molar-refractivity contribution is 7.88. The zero-order valence-corrected chi connectivity index (χ0v) is 22.6. The van der Waals surface area contributed by atoms with Gasteiger partial charge in [-0.05, 0) is 31.2 Å². The number of carbonyl (C=O) groups is 3. The van der Waals surface area contributed by atoms with Gasteiger partial charge >= 0.3 is 15.6 Å². The molecule has 0 spiro atoms. The molecular formula is C25H21ClF5N3O6S. The van der Waals surface area contributed by atoms with E-state index in [0.29, 0.717) is 0 Å². The number of rotatable bonds is 8. The average molecular weight is 622 g/mol. The number of nitrogens with one attached hydrogen (secondary N) is 1. The van der Waals surface area contributed by atoms with E-state index in [1.54, 1.807) is 0 Å². The number of amides is 2. The van der Waals surface area contributed by atoms with Crippen molar-refractivity contribution in [3.8, 4) is 5.75 Å². The molecular weight excluding hydrogens is 601 g/mol. The Balaban J connectivity index is 1.55. The third-order valence-corrected chi connectivity index (χ3v) is 7.66. The van der Waals surface area contributed by atoms with Crippen LogP contribution in [0.4, 0.5) is 22.0 Å². The number of hydrogen-bond donors (Lipinski definition) is 1. The van der Waals surface area contributed by atoms with Gasteiger partial charge in [0.1, 0.15) is 30.3 Å². The number of carbonyl (C=O) groups excluding carboxylic acids is 3. The normalized spacial score (nSPS) is 17.6. The van der Waals surface area contributed by atoms with E-state index in [1.165, 1.54) is 29.0 Å². The first-order valence-corrected chi connectivity index (χ1v) is 13.7. The van der Waals surface area contributed by atoms with Gasteiger partial charge in [0, 0.05) is 41.2 Å². The van der Waals surface area contributed by atoms with E-state index < -0.39 is 70.1 Å². The lowest BCUT2D eigenvalue weighted by Crippen LogP contribution is -2.46. The number of aromatic nitrogens is 1. The van der Waals surface area contributed by atoms with Crippen LogP contribution in [0.2, 0.25) is 5.02 Å². The number of ketones is 1. The molecule has 1 aliphatic rings. The number of alkyl halides is 4. The molecule has 1 aromatic heterocycles. The van der Waals surface area contributed by atoms with Crippen molar-refractivity contribution in [2.75, 3.05) is 6.54 Å². The quantitative estimate of drug-likeness (QED) is 0.175. The minimum absolute atomic E-state index is 0.00260. The van der Waals surface area contributed by atoms with Gasteiger partial charge in [-0.2, -0.15) is 21.6 Å². The van der Waals surface area contributed by atoms with Crippen molar-refractivity contribution in [2.24, 2.45) is 0 Å². The molecule has 0 saturated carbocycles. The van der Waals surface area contributed by atoms with Gasteiger partial charge in [-0.25, -0.2) is 8.78 Å². The van der Waals surface area contributed by atoms with E-state index in [1.807, 2.05) is 0 Å². The standard InChI is InChI=1S/C25H21ClF5N3O6S/c1-13(35)18-11-33(20-6-5-16(8-17(18)20)40-41(38,39)25(29,30)31)12-22(36)34-10-15(27)7-21(34)24(37)32-9-14-3-2-4-19(26)23(14)28/h2-6,8,11,15,21H,7,9-10,12H2,1H3,(H,32,37). The van der Waals surface area contributed by atoms with E-state index in [0.717, 1.165) is 30.0 Å². The minimum Gasteiger partial charge on any atom is -0.376 e. The largest absolute Gasteiger partial charge is 0.534 e. The maximum absolute atomic E-state index is 14.3. The Kier molecular flexibility index (Phi) is 8.32. The summed E-state index contributed by atoms with van der Waals surface area (Å²) in [5, 5.41) is 2.32. The lowest BCUT2D eigenvalue weighted by atomic mass is 10.1. The molecule has 220 valence electrons. The van der Waals surface area contributed by atoms with E-state index in [9.17, 15) is 44.8 Å². The Labute approximate surface area is 234 Å². The Morgan fingerprint density at radius 2 is 1.88 bits per heavy atom. The summed E-state index contributed by atoms with van der Waals surface area (Å²) < 4.78 is 94.9. The SMILES string of the molecule is CC(=O)c1cn(CC(=O)N2CC(F)CC2C(=O)NCc2cccc(Cl)c2F)c2ccc(OS(=O)(=O)C(F)(F)F)cc12. The molecule has 1 saturated heterocycles. The molecule has 2 heterocycles. The fourth-order valence-corrected chi connectivity index (χ4v) is 5.09. The topological polar surface area (TPSA) is 115 Å². The van der Waals surface area contributed by atoms with Gasteiger partial charge in [-0.1, -0.05) is 23.7 Å². The Hall–Kier alpha value is -3.72. The van der Waals surface area contributed by atoms with Crippen molar-refractivity contribution in [2.45, 2.75) is 44.2 Å². The number of benzene rings is 2. The van der Waals surface area contributed by atoms with Crippen LogP contribution in [0.15, 0.2) is 42.6 Å². The van der Waals surface area contributed by atoms with E-state index in [4.69, 9.17) is 11.6 Å². The summed E-state index contributed by atoms with van der Waals surface area (Å²) >= 11 is 5.74. The molecule has 9 nitrogen and oxygen atoms in total. The fourth-order valence-electron chi connectivity index (χ4n) is 4.44. The predicted molar refractivity (Wildman–Crippen MR) is 136 cm³/mol. The maximum Gasteiger partial charge on any atom is 0.534 e. The maximum atomic E-state index is 14.3. The van der Waals surface area contributed by atoms with Gasteiger partial charge in [-0.3, -0.25) is 14.4 Å². The summed E-state index contributed by atoms with van der Waals surface area (Å²) in [6, 6.07) is 5.97. The second-order valence-electron chi connectivity index (χ2n) is 9.21. The summed E-state index contributed by atoms with van der Waals surface area (Å²) in [7, 11) is -5.98. The summed E-state index contributed by atoms with van der Waals surface area (Å²) in [5.41, 5.74) is -5.49. The van der Waals surface area contributed by atoms with Crippen molar-refractivity contribution in [3.63, 3.8) is 0 Å². The summed E-state index contributed by atoms with van der Waals surface area (Å²) in [4.78, 5) is 39.2. The van der Waals surface area contributed by atoms with Crippen molar-refractivity contribution in [3.05, 3.63) is 64.6 Å². The second kappa shape index (κ2) is 11.3. The predicted octanol–water partition coefficient (Wildman–Crippen LogP) is 4.12. The summed E-state index contributed by atoms with van der Waals surface area (Å²) in [6.07, 6.45) is -0.607. The van der Waals surface area contributed by atoms with Crippen molar-refractivity contribution in [1.82, 2.24) is 14.8 Å². The van der Waals surface area contributed by atoms with Crippen LogP contribution in [0.3, 0.4) is 0 Å². The van der Waals surface area contributed by atoms with Gasteiger partial charge in [-0.15, -0.1) is 0 Å². The minimum atomic E-state index is -5.98. The molecule has 2 amide bonds. The third kappa shape index (κ3) is 6.30. The van der Waals surface area contributed by atoms with Crippen LogP contribution in [0.5, 0.6) is 5.75 Å². The first kappa shape index (κ1) is 30.2. The molecule has 1 N–H and O–H groups in total. The first-order chi connectivity index (χ1) is 19.1. The molecule has 0 bridgehead atoms. The highest BCUT2D eigenvalue weighted by atomic mass is 35.5. The number of likely N-dealkylation sites (tertiary alicyclic amines) is 1. The van der Waals surface area contributed by atoms with E-state index in [2.05, 4.69) is 9.50 Å². The average Bonchev–Trinajstić information content (AvgIpc) is 3.44. The Morgan fingerprint density at radius 3 is 2.54 bits per heavy atom. The van der Waals surface area contributed by atoms with Crippen LogP contribution in [0.1, 0.15) is 29.3 Å². The van der Waals surface area contributed by atoms with Crippen molar-refractivity contribution < 1.29 is 48.9 Å². The van der Waals surface area contributed by atoms with Gasteiger partial charge in [0.25, 0.3) is 0 Å². The third-order valence-electron chi connectivity index (χ3n) is 6.38. The molecule has 41 heavy (non-hydrogen) atoms. The van der Waals surface area contributed by atoms with Crippen LogP contribution in [-0.2, 0) is 32.8 Å². The van der Waals surface area contributed by atoms with Gasteiger partial charge in [0.05, 0.1) is 11.6 Å². The summed E-state index contributed by atoms with van der Waals surface area (Å²) in [6.45, 7) is -0.0175. The monoisotopic (exact) mass is 621 g/mol. The molecule has 1 fully saturated rings. The smallest absolute Gasteiger partial charge is 0.376 e. The Bertz CT molecular complexity index is 1640. The van der Waals surface area contributed by atoms with Gasteiger partial charge < -0.3 is 19.0 Å². The van der Waals surface area contributed by atoms with Crippen LogP contribution in [0.25, 0.3) is 10.9 Å². The number of nitrogens with zero attached hydrogens (tertiary/aromatic N) is 2. The Morgan fingerprint density at radius 1 is 1.17 bits per heavy atom. The van der Waals surface area contributed by atoms with Gasteiger partial charge in [0.15, 0.2) is 5.78 Å². The summed E-state index contributed by atoms with van der Waals surface area (Å²) in [5.74, 6) is -3.44. The molecule has 2 unspecified atom stereocenters. The van der Waals surface area contributed by atoms with Crippen molar-refractivity contribution >= 4 is 50.2 Å². The lowest BCUT2D eigenvalue weighted by molar-refractivity contribution is -0.139. The van der Waals surface area contributed by atoms with Crippen LogP contribution in [-0.4, -0.2) is 59.7 Å². The highest BCUT2D eigenvalue weighted by Crippen LogP contribution is 2.31. The molecule has 4 rings (SSSR count). The second-order valence-corrected chi connectivity index (χ2v) is 11.2.